The molecule has 2 aromatic carbocycles. The average molecular weight is 349 g/mol. The molecule has 1 fully saturated rings. The molecule has 2 amide bonds. The molecule has 1 aliphatic carbocycles. The van der Waals surface area contributed by atoms with Gasteiger partial charge in [-0.05, 0) is 54.2 Å². The second-order valence-corrected chi connectivity index (χ2v) is 6.86. The van der Waals surface area contributed by atoms with Gasteiger partial charge in [-0.2, -0.15) is 5.10 Å². The summed E-state index contributed by atoms with van der Waals surface area (Å²) in [5, 5.41) is 6.85. The summed E-state index contributed by atoms with van der Waals surface area (Å²) in [5.74, 6) is 0.398. The molecule has 5 nitrogen and oxygen atoms in total. The summed E-state index contributed by atoms with van der Waals surface area (Å²) >= 11 is 0. The van der Waals surface area contributed by atoms with E-state index in [9.17, 15) is 9.59 Å². The number of rotatable bonds is 6. The van der Waals surface area contributed by atoms with E-state index in [0.717, 1.165) is 18.4 Å². The molecule has 0 spiro atoms. The number of nitrogens with zero attached hydrogens (tertiary/aromatic N) is 1. The highest BCUT2D eigenvalue weighted by atomic mass is 16.2. The Morgan fingerprint density at radius 2 is 1.69 bits per heavy atom. The van der Waals surface area contributed by atoms with Crippen LogP contribution in [-0.2, 0) is 4.79 Å². The lowest BCUT2D eigenvalue weighted by molar-refractivity contribution is -0.117. The summed E-state index contributed by atoms with van der Waals surface area (Å²) in [4.78, 5) is 23.8. The van der Waals surface area contributed by atoms with E-state index in [1.54, 1.807) is 30.5 Å². The fourth-order valence-electron chi connectivity index (χ4n) is 2.49. The van der Waals surface area contributed by atoms with Crippen molar-refractivity contribution in [2.24, 2.45) is 11.0 Å². The molecule has 0 saturated heterocycles. The molecule has 0 aromatic heterocycles. The fraction of sp³-hybridized carbons (Fsp3) is 0.286. The van der Waals surface area contributed by atoms with E-state index < -0.39 is 0 Å². The van der Waals surface area contributed by atoms with Crippen LogP contribution < -0.4 is 10.7 Å². The van der Waals surface area contributed by atoms with Crippen molar-refractivity contribution < 1.29 is 9.59 Å². The molecule has 2 N–H and O–H groups in total. The SMILES string of the molecule is CC(C)c1ccc(C=NNC(=O)c2ccc(NC(=O)C3CC3)cc2)cc1. The van der Waals surface area contributed by atoms with Crippen LogP contribution in [0.5, 0.6) is 0 Å². The van der Waals surface area contributed by atoms with Gasteiger partial charge in [-0.15, -0.1) is 0 Å². The Balaban J connectivity index is 1.53. The van der Waals surface area contributed by atoms with Crippen molar-refractivity contribution in [3.8, 4) is 0 Å². The van der Waals surface area contributed by atoms with Gasteiger partial charge in [0.15, 0.2) is 0 Å². The molecule has 134 valence electrons. The number of anilines is 1. The van der Waals surface area contributed by atoms with Crippen LogP contribution in [0.4, 0.5) is 5.69 Å². The molecule has 0 heterocycles. The van der Waals surface area contributed by atoms with Gasteiger partial charge in [0.1, 0.15) is 0 Å². The Hall–Kier alpha value is -2.95. The minimum absolute atomic E-state index is 0.0512. The Morgan fingerprint density at radius 1 is 1.04 bits per heavy atom. The van der Waals surface area contributed by atoms with Gasteiger partial charge >= 0.3 is 0 Å². The first-order valence-electron chi connectivity index (χ1n) is 8.87. The third-order valence-electron chi connectivity index (χ3n) is 4.35. The number of nitrogens with one attached hydrogen (secondary N) is 2. The van der Waals surface area contributed by atoms with Gasteiger partial charge in [0.2, 0.25) is 5.91 Å². The Labute approximate surface area is 153 Å². The van der Waals surface area contributed by atoms with Gasteiger partial charge in [-0.3, -0.25) is 9.59 Å². The van der Waals surface area contributed by atoms with Gasteiger partial charge in [0.25, 0.3) is 5.91 Å². The molecule has 0 radical (unpaired) electrons. The molecule has 0 unspecified atom stereocenters. The lowest BCUT2D eigenvalue weighted by Gasteiger charge is -2.05. The van der Waals surface area contributed by atoms with Gasteiger partial charge in [-0.1, -0.05) is 38.1 Å². The molecule has 1 saturated carbocycles. The average Bonchev–Trinajstić information content (AvgIpc) is 3.48. The first-order valence-corrected chi connectivity index (χ1v) is 8.87. The molecule has 0 bridgehead atoms. The zero-order chi connectivity index (χ0) is 18.5. The number of carbonyl (C=O) groups excluding carboxylic acids is 2. The van der Waals surface area contributed by atoms with Gasteiger partial charge in [-0.25, -0.2) is 5.43 Å². The third-order valence-corrected chi connectivity index (χ3v) is 4.35. The highest BCUT2D eigenvalue weighted by Crippen LogP contribution is 2.30. The van der Waals surface area contributed by atoms with E-state index in [1.807, 2.05) is 12.1 Å². The van der Waals surface area contributed by atoms with Gasteiger partial charge < -0.3 is 5.32 Å². The van der Waals surface area contributed by atoms with E-state index in [4.69, 9.17) is 0 Å². The highest BCUT2D eigenvalue weighted by molar-refractivity contribution is 5.97. The normalized spacial score (nSPS) is 13.8. The number of carbonyl (C=O) groups is 2. The van der Waals surface area contributed by atoms with E-state index >= 15 is 0 Å². The topological polar surface area (TPSA) is 70.6 Å². The van der Waals surface area contributed by atoms with Crippen LogP contribution in [0, 0.1) is 5.92 Å². The molecule has 0 atom stereocenters. The van der Waals surface area contributed by atoms with Crippen LogP contribution in [-0.4, -0.2) is 18.0 Å². The Morgan fingerprint density at radius 3 is 2.27 bits per heavy atom. The largest absolute Gasteiger partial charge is 0.326 e. The second kappa shape index (κ2) is 7.95. The molecule has 0 aliphatic heterocycles. The molecule has 5 heteroatoms. The molecule has 1 aliphatic rings. The summed E-state index contributed by atoms with van der Waals surface area (Å²) < 4.78 is 0. The summed E-state index contributed by atoms with van der Waals surface area (Å²) in [7, 11) is 0. The molecule has 26 heavy (non-hydrogen) atoms. The van der Waals surface area contributed by atoms with Gasteiger partial charge in [0.05, 0.1) is 6.21 Å². The van der Waals surface area contributed by atoms with Crippen molar-refractivity contribution in [2.45, 2.75) is 32.6 Å². The van der Waals surface area contributed by atoms with Crippen molar-refractivity contribution in [1.29, 1.82) is 0 Å². The zero-order valence-corrected chi connectivity index (χ0v) is 15.0. The van der Waals surface area contributed by atoms with Crippen molar-refractivity contribution >= 4 is 23.7 Å². The predicted molar refractivity (Wildman–Crippen MR) is 103 cm³/mol. The van der Waals surface area contributed by atoms with E-state index in [0.29, 0.717) is 17.2 Å². The number of benzene rings is 2. The zero-order valence-electron chi connectivity index (χ0n) is 15.0. The molecular formula is C21H23N3O2. The van der Waals surface area contributed by atoms with E-state index in [2.05, 4.69) is 41.8 Å². The minimum atomic E-state index is -0.292. The van der Waals surface area contributed by atoms with Crippen LogP contribution in [0.2, 0.25) is 0 Å². The number of hydrazone groups is 1. The fourth-order valence-corrected chi connectivity index (χ4v) is 2.49. The standard InChI is InChI=1S/C21H23N3O2/c1-14(2)16-5-3-15(4-6-16)13-22-24-21(26)18-9-11-19(12-10-18)23-20(25)17-7-8-17/h3-6,9-14,17H,7-8H2,1-2H3,(H,23,25)(H,24,26). The van der Waals surface area contributed by atoms with Crippen molar-refractivity contribution in [3.63, 3.8) is 0 Å². The third kappa shape index (κ3) is 4.79. The smallest absolute Gasteiger partial charge is 0.271 e. The summed E-state index contributed by atoms with van der Waals surface area (Å²) in [6, 6.07) is 14.9. The van der Waals surface area contributed by atoms with Crippen molar-refractivity contribution in [3.05, 3.63) is 65.2 Å². The Bertz CT molecular complexity index is 804. The summed E-state index contributed by atoms with van der Waals surface area (Å²) in [6.07, 6.45) is 3.54. The summed E-state index contributed by atoms with van der Waals surface area (Å²) in [6.45, 7) is 4.29. The molecule has 2 aromatic rings. The Kier molecular flexibility index (Phi) is 5.46. The van der Waals surface area contributed by atoms with Crippen LogP contribution in [0.25, 0.3) is 0 Å². The van der Waals surface area contributed by atoms with Gasteiger partial charge in [0, 0.05) is 17.2 Å². The van der Waals surface area contributed by atoms with Crippen molar-refractivity contribution in [2.75, 3.05) is 5.32 Å². The number of hydrogen-bond acceptors (Lipinski definition) is 3. The lowest BCUT2D eigenvalue weighted by Crippen LogP contribution is -2.18. The summed E-state index contributed by atoms with van der Waals surface area (Å²) in [5.41, 5.74) is 5.89. The predicted octanol–water partition coefficient (Wildman–Crippen LogP) is 3.92. The van der Waals surface area contributed by atoms with Crippen LogP contribution in [0.3, 0.4) is 0 Å². The van der Waals surface area contributed by atoms with Crippen molar-refractivity contribution in [1.82, 2.24) is 5.43 Å². The first kappa shape index (κ1) is 17.9. The van der Waals surface area contributed by atoms with Crippen LogP contribution >= 0.6 is 0 Å². The van der Waals surface area contributed by atoms with Crippen LogP contribution in [0.15, 0.2) is 53.6 Å². The number of hydrogen-bond donors (Lipinski definition) is 2. The quantitative estimate of drug-likeness (QED) is 0.613. The molecular weight excluding hydrogens is 326 g/mol. The number of amides is 2. The maximum Gasteiger partial charge on any atom is 0.271 e. The molecule has 3 rings (SSSR count). The minimum Gasteiger partial charge on any atom is -0.326 e. The van der Waals surface area contributed by atoms with Crippen LogP contribution in [0.1, 0.15) is 54.1 Å². The van der Waals surface area contributed by atoms with E-state index in [-0.39, 0.29) is 17.7 Å². The maximum atomic E-state index is 12.1. The maximum absolute atomic E-state index is 12.1. The highest BCUT2D eigenvalue weighted by Gasteiger charge is 2.29. The lowest BCUT2D eigenvalue weighted by atomic mass is 10.0. The monoisotopic (exact) mass is 349 g/mol. The second-order valence-electron chi connectivity index (χ2n) is 6.86. The first-order chi connectivity index (χ1) is 12.5. The van der Waals surface area contributed by atoms with E-state index in [1.165, 1.54) is 5.56 Å².